The third-order valence-electron chi connectivity index (χ3n) is 7.26. The van der Waals surface area contributed by atoms with Gasteiger partial charge < -0.3 is 29.5 Å². The average Bonchev–Trinajstić information content (AvgIpc) is 3.55. The molecule has 7 nitrogen and oxygen atoms in total. The number of likely N-dealkylation sites (tertiary alicyclic amines) is 1. The second-order valence-electron chi connectivity index (χ2n) is 9.63. The highest BCUT2D eigenvalue weighted by Crippen LogP contribution is 2.42. The summed E-state index contributed by atoms with van der Waals surface area (Å²) in [6.45, 7) is 2.22. The van der Waals surface area contributed by atoms with Crippen LogP contribution < -0.4 is 19.5 Å². The van der Waals surface area contributed by atoms with E-state index in [1.807, 2.05) is 17.0 Å². The zero-order valence-electron chi connectivity index (χ0n) is 20.1. The van der Waals surface area contributed by atoms with Gasteiger partial charge in [0.05, 0.1) is 0 Å². The molecule has 0 spiro atoms. The molecule has 3 aromatic rings. The minimum Gasteiger partial charge on any atom is -0.490 e. The van der Waals surface area contributed by atoms with Gasteiger partial charge in [0.2, 0.25) is 6.79 Å². The Labute approximate surface area is 210 Å². The molecule has 1 fully saturated rings. The van der Waals surface area contributed by atoms with Crippen molar-refractivity contribution in [1.29, 1.82) is 0 Å². The van der Waals surface area contributed by atoms with Crippen molar-refractivity contribution < 1.29 is 24.1 Å². The smallest absolute Gasteiger partial charge is 0.253 e. The van der Waals surface area contributed by atoms with Crippen molar-refractivity contribution in [2.75, 3.05) is 33.0 Å². The van der Waals surface area contributed by atoms with Crippen molar-refractivity contribution in [1.82, 2.24) is 10.2 Å². The normalized spacial score (nSPS) is 17.0. The Bertz CT molecular complexity index is 1270. The van der Waals surface area contributed by atoms with Gasteiger partial charge in [0.15, 0.2) is 11.5 Å². The lowest BCUT2D eigenvalue weighted by Gasteiger charge is -2.33. The van der Waals surface area contributed by atoms with Crippen LogP contribution in [0.3, 0.4) is 0 Å². The van der Waals surface area contributed by atoms with Gasteiger partial charge in [-0.2, -0.15) is 0 Å². The number of fused-ring (bicyclic) bond motifs is 4. The van der Waals surface area contributed by atoms with Gasteiger partial charge in [-0.3, -0.25) is 4.79 Å². The van der Waals surface area contributed by atoms with E-state index < -0.39 is 6.10 Å². The maximum atomic E-state index is 12.9. The second kappa shape index (κ2) is 9.84. The minimum absolute atomic E-state index is 0.0113. The Kier molecular flexibility index (Phi) is 6.25. The Morgan fingerprint density at radius 3 is 2.72 bits per heavy atom. The first kappa shape index (κ1) is 22.9. The van der Waals surface area contributed by atoms with Gasteiger partial charge in [-0.15, -0.1) is 0 Å². The molecule has 2 N–H and O–H groups in total. The van der Waals surface area contributed by atoms with Crippen LogP contribution in [0.25, 0.3) is 11.1 Å². The van der Waals surface area contributed by atoms with Crippen LogP contribution >= 0.6 is 0 Å². The summed E-state index contributed by atoms with van der Waals surface area (Å²) >= 11 is 0. The van der Waals surface area contributed by atoms with E-state index in [9.17, 15) is 9.90 Å². The molecule has 7 heteroatoms. The Morgan fingerprint density at radius 2 is 1.83 bits per heavy atom. The van der Waals surface area contributed by atoms with Crippen LogP contribution in [0.15, 0.2) is 60.7 Å². The van der Waals surface area contributed by atoms with Gasteiger partial charge in [-0.1, -0.05) is 36.4 Å². The SMILES string of the molecule is O=C(c1ccc2c(c1)OCO2)N1CCC(NCC(O)COc2cccc3c2-c2ccccc2C3)CC1. The van der Waals surface area contributed by atoms with Crippen LogP contribution in [-0.2, 0) is 6.42 Å². The van der Waals surface area contributed by atoms with Crippen molar-refractivity contribution in [3.05, 3.63) is 77.4 Å². The summed E-state index contributed by atoms with van der Waals surface area (Å²) in [5, 5.41) is 14.0. The number of amides is 1. The number of nitrogens with one attached hydrogen (secondary N) is 1. The summed E-state index contributed by atoms with van der Waals surface area (Å²) in [4.78, 5) is 14.8. The maximum absolute atomic E-state index is 12.9. The molecule has 2 heterocycles. The van der Waals surface area contributed by atoms with E-state index >= 15 is 0 Å². The lowest BCUT2D eigenvalue weighted by Crippen LogP contribution is -2.47. The summed E-state index contributed by atoms with van der Waals surface area (Å²) in [5.41, 5.74) is 5.57. The van der Waals surface area contributed by atoms with Gasteiger partial charge in [0.25, 0.3) is 5.91 Å². The summed E-state index contributed by atoms with van der Waals surface area (Å²) < 4.78 is 16.8. The van der Waals surface area contributed by atoms with Crippen LogP contribution in [0.1, 0.15) is 34.3 Å². The molecule has 1 aliphatic carbocycles. The third-order valence-corrected chi connectivity index (χ3v) is 7.26. The molecule has 0 aromatic heterocycles. The van der Waals surface area contributed by atoms with Crippen molar-refractivity contribution in [2.45, 2.75) is 31.4 Å². The highest BCUT2D eigenvalue weighted by Gasteiger charge is 2.26. The zero-order valence-corrected chi connectivity index (χ0v) is 20.1. The average molecular weight is 487 g/mol. The predicted molar refractivity (Wildman–Crippen MR) is 136 cm³/mol. The van der Waals surface area contributed by atoms with Crippen molar-refractivity contribution in [2.24, 2.45) is 0 Å². The van der Waals surface area contributed by atoms with Crippen LogP contribution in [-0.4, -0.2) is 61.1 Å². The van der Waals surface area contributed by atoms with Crippen LogP contribution in [0.2, 0.25) is 0 Å². The molecular formula is C29H30N2O5. The number of hydrogen-bond acceptors (Lipinski definition) is 6. The third kappa shape index (κ3) is 4.52. The van der Waals surface area contributed by atoms with Gasteiger partial charge in [-0.05, 0) is 60.2 Å². The van der Waals surface area contributed by atoms with E-state index in [4.69, 9.17) is 14.2 Å². The summed E-state index contributed by atoms with van der Waals surface area (Å²) in [7, 11) is 0. The Balaban J connectivity index is 0.974. The topological polar surface area (TPSA) is 80.3 Å². The molecule has 1 amide bonds. The number of rotatable bonds is 7. The van der Waals surface area contributed by atoms with E-state index in [0.717, 1.165) is 30.6 Å². The van der Waals surface area contributed by atoms with Crippen LogP contribution in [0.4, 0.5) is 0 Å². The largest absolute Gasteiger partial charge is 0.490 e. The fraction of sp³-hybridized carbons (Fsp3) is 0.345. The second-order valence-corrected chi connectivity index (χ2v) is 9.63. The number of ether oxygens (including phenoxy) is 3. The Hall–Kier alpha value is -3.55. The van der Waals surface area contributed by atoms with Crippen LogP contribution in [0, 0.1) is 0 Å². The lowest BCUT2D eigenvalue weighted by molar-refractivity contribution is 0.0686. The zero-order chi connectivity index (χ0) is 24.5. The number of carbonyl (C=O) groups excluding carboxylic acids is 1. The number of aliphatic hydroxyl groups excluding tert-OH is 1. The van der Waals surface area contributed by atoms with E-state index in [1.54, 1.807) is 18.2 Å². The van der Waals surface area contributed by atoms with Gasteiger partial charge >= 0.3 is 0 Å². The number of benzene rings is 3. The molecule has 3 aliphatic rings. The van der Waals surface area contributed by atoms with Gasteiger partial charge in [0, 0.05) is 36.8 Å². The highest BCUT2D eigenvalue weighted by atomic mass is 16.7. The summed E-state index contributed by atoms with van der Waals surface area (Å²) in [5.74, 6) is 2.14. The minimum atomic E-state index is -0.620. The Morgan fingerprint density at radius 1 is 1.03 bits per heavy atom. The first-order valence-corrected chi connectivity index (χ1v) is 12.6. The molecule has 3 aromatic carbocycles. The first-order valence-electron chi connectivity index (χ1n) is 12.6. The van der Waals surface area contributed by atoms with Crippen molar-refractivity contribution in [3.63, 3.8) is 0 Å². The van der Waals surface area contributed by atoms with E-state index in [2.05, 4.69) is 35.6 Å². The van der Waals surface area contributed by atoms with Crippen LogP contribution in [0.5, 0.6) is 17.2 Å². The number of nitrogens with zero attached hydrogens (tertiary/aromatic N) is 1. The van der Waals surface area contributed by atoms with E-state index in [-0.39, 0.29) is 25.3 Å². The van der Waals surface area contributed by atoms with E-state index in [1.165, 1.54) is 16.7 Å². The number of piperidine rings is 1. The number of aliphatic hydroxyl groups is 1. The standard InChI is InChI=1S/C29H30N2O5/c32-23(17-34-26-7-3-5-20-14-19-4-1-2-6-24(19)28(20)26)16-30-22-10-12-31(13-11-22)29(33)21-8-9-25-27(15-21)36-18-35-25/h1-9,15,22-23,30,32H,10-14,16-18H2. The van der Waals surface area contributed by atoms with E-state index in [0.29, 0.717) is 36.7 Å². The van der Waals surface area contributed by atoms with Gasteiger partial charge in [0.1, 0.15) is 18.5 Å². The quantitative estimate of drug-likeness (QED) is 0.415. The number of carbonyl (C=O) groups is 1. The molecule has 1 saturated heterocycles. The molecule has 2 aliphatic heterocycles. The molecule has 186 valence electrons. The molecule has 6 rings (SSSR count). The molecule has 1 atom stereocenters. The van der Waals surface area contributed by atoms with Crippen molar-refractivity contribution in [3.8, 4) is 28.4 Å². The lowest BCUT2D eigenvalue weighted by atomic mass is 10.0. The molecule has 0 bridgehead atoms. The first-order chi connectivity index (χ1) is 17.7. The molecule has 0 radical (unpaired) electrons. The fourth-order valence-corrected chi connectivity index (χ4v) is 5.32. The predicted octanol–water partition coefficient (Wildman–Crippen LogP) is 3.62. The van der Waals surface area contributed by atoms with Crippen molar-refractivity contribution >= 4 is 5.91 Å². The monoisotopic (exact) mass is 486 g/mol. The molecule has 36 heavy (non-hydrogen) atoms. The molecular weight excluding hydrogens is 456 g/mol. The highest BCUT2D eigenvalue weighted by molar-refractivity contribution is 5.95. The fourth-order valence-electron chi connectivity index (χ4n) is 5.32. The van der Waals surface area contributed by atoms with Gasteiger partial charge in [-0.25, -0.2) is 0 Å². The molecule has 0 saturated carbocycles. The summed E-state index contributed by atoms with van der Waals surface area (Å²) in [6.07, 6.45) is 1.98. The summed E-state index contributed by atoms with van der Waals surface area (Å²) in [6, 6.07) is 20.1. The number of hydrogen-bond donors (Lipinski definition) is 2. The maximum Gasteiger partial charge on any atom is 0.253 e. The molecule has 1 unspecified atom stereocenters.